The van der Waals surface area contributed by atoms with Gasteiger partial charge < -0.3 is 19.5 Å². The fourth-order valence-corrected chi connectivity index (χ4v) is 6.40. The van der Waals surface area contributed by atoms with Gasteiger partial charge in [-0.2, -0.15) is 13.2 Å². The van der Waals surface area contributed by atoms with Gasteiger partial charge >= 0.3 is 6.18 Å². The highest BCUT2D eigenvalue weighted by atomic mass is 19.4. The molecule has 0 bridgehead atoms. The Bertz CT molecular complexity index is 1710. The van der Waals surface area contributed by atoms with Gasteiger partial charge in [-0.15, -0.1) is 0 Å². The minimum Gasteiger partial charge on any atom is -0.455 e. The molecular weight excluding hydrogens is 593 g/mol. The van der Waals surface area contributed by atoms with E-state index >= 15 is 0 Å². The highest BCUT2D eigenvalue weighted by Gasteiger charge is 2.35. The lowest BCUT2D eigenvalue weighted by molar-refractivity contribution is -0.138. The van der Waals surface area contributed by atoms with Crippen LogP contribution in [0.25, 0.3) is 11.0 Å². The lowest BCUT2D eigenvalue weighted by Gasteiger charge is -2.34. The second-order valence-corrected chi connectivity index (χ2v) is 12.9. The normalized spacial score (nSPS) is 17.9. The molecule has 244 valence electrons. The van der Waals surface area contributed by atoms with Crippen molar-refractivity contribution in [3.63, 3.8) is 0 Å². The molecule has 0 unspecified atom stereocenters. The van der Waals surface area contributed by atoms with E-state index in [0.717, 1.165) is 66.7 Å². The van der Waals surface area contributed by atoms with Gasteiger partial charge in [0.1, 0.15) is 17.1 Å². The van der Waals surface area contributed by atoms with Crippen LogP contribution in [0.4, 0.5) is 13.2 Å². The molecule has 3 aromatic heterocycles. The van der Waals surface area contributed by atoms with Gasteiger partial charge in [0.05, 0.1) is 29.3 Å². The van der Waals surface area contributed by atoms with Crippen LogP contribution >= 0.6 is 0 Å². The number of hydrogen-bond acceptors (Lipinski definition) is 6. The van der Waals surface area contributed by atoms with Gasteiger partial charge in [0, 0.05) is 63.6 Å². The third-order valence-corrected chi connectivity index (χ3v) is 9.20. The van der Waals surface area contributed by atoms with Gasteiger partial charge in [-0.3, -0.25) is 14.7 Å². The average Bonchev–Trinajstić information content (AvgIpc) is 3.48. The molecule has 6 rings (SSSR count). The maximum Gasteiger partial charge on any atom is 0.416 e. The van der Waals surface area contributed by atoms with Gasteiger partial charge in [0.2, 0.25) is 5.91 Å². The molecule has 0 aliphatic carbocycles. The standard InChI is InChI=1S/C35H41F3N6O2/c1-5-24-20-44(32(45)15-23-6-7-25(29(14-23)35(36,37)38)19-43-12-10-42(4)11-13-43)21-26-16-27(18-40-33(24)26)46-31-8-9-39-34-28(31)17-30(41-34)22(2)3/h6-9,14,16-18,22,24H,5,10-13,15,19-21H2,1-4H3,(H,39,41)/t24-/m0/s1. The Balaban J connectivity index is 1.19. The van der Waals surface area contributed by atoms with E-state index in [1.165, 1.54) is 0 Å². The molecule has 0 radical (unpaired) electrons. The molecular formula is C35H41F3N6O2. The number of carbonyl (C=O) groups is 1. The van der Waals surface area contributed by atoms with Crippen molar-refractivity contribution in [2.24, 2.45) is 0 Å². The second kappa shape index (κ2) is 13.0. The number of halogens is 3. The quantitative estimate of drug-likeness (QED) is 0.232. The van der Waals surface area contributed by atoms with E-state index in [1.807, 2.05) is 25.2 Å². The first-order valence-corrected chi connectivity index (χ1v) is 16.0. The van der Waals surface area contributed by atoms with Gasteiger partial charge in [0.25, 0.3) is 0 Å². The van der Waals surface area contributed by atoms with Crippen LogP contribution in [0.15, 0.2) is 48.8 Å². The van der Waals surface area contributed by atoms with Crippen LogP contribution in [0.2, 0.25) is 0 Å². The number of H-pyrrole nitrogens is 1. The topological polar surface area (TPSA) is 77.6 Å². The zero-order chi connectivity index (χ0) is 32.6. The Morgan fingerprint density at radius 3 is 2.59 bits per heavy atom. The molecule has 0 saturated carbocycles. The molecule has 1 aromatic carbocycles. The Morgan fingerprint density at radius 2 is 1.87 bits per heavy atom. The minimum atomic E-state index is -4.50. The molecule has 1 fully saturated rings. The second-order valence-electron chi connectivity index (χ2n) is 12.9. The lowest BCUT2D eigenvalue weighted by Crippen LogP contribution is -2.44. The average molecular weight is 635 g/mol. The van der Waals surface area contributed by atoms with Crippen molar-refractivity contribution in [2.75, 3.05) is 39.8 Å². The van der Waals surface area contributed by atoms with Crippen LogP contribution in [0.3, 0.4) is 0 Å². The van der Waals surface area contributed by atoms with Crippen molar-refractivity contribution in [2.45, 2.75) is 64.7 Å². The van der Waals surface area contributed by atoms with Crippen LogP contribution in [-0.2, 0) is 30.5 Å². The van der Waals surface area contributed by atoms with Crippen LogP contribution < -0.4 is 4.74 Å². The van der Waals surface area contributed by atoms with Crippen molar-refractivity contribution in [1.82, 2.24) is 29.7 Å². The summed E-state index contributed by atoms with van der Waals surface area (Å²) in [4.78, 5) is 32.1. The third-order valence-electron chi connectivity index (χ3n) is 9.20. The Labute approximate surface area is 267 Å². The summed E-state index contributed by atoms with van der Waals surface area (Å²) >= 11 is 0. The van der Waals surface area contributed by atoms with E-state index in [4.69, 9.17) is 9.72 Å². The molecule has 1 atom stereocenters. The predicted molar refractivity (Wildman–Crippen MR) is 171 cm³/mol. The number of pyridine rings is 2. The smallest absolute Gasteiger partial charge is 0.416 e. The number of alkyl halides is 3. The van der Waals surface area contributed by atoms with Gasteiger partial charge in [-0.25, -0.2) is 4.98 Å². The van der Waals surface area contributed by atoms with E-state index in [0.29, 0.717) is 36.1 Å². The molecule has 5 heterocycles. The maximum atomic E-state index is 14.2. The number of aromatic nitrogens is 3. The summed E-state index contributed by atoms with van der Waals surface area (Å²) in [7, 11) is 2.02. The van der Waals surface area contributed by atoms with E-state index < -0.39 is 11.7 Å². The summed E-state index contributed by atoms with van der Waals surface area (Å²) in [6.45, 7) is 10.4. The van der Waals surface area contributed by atoms with E-state index in [9.17, 15) is 18.0 Å². The van der Waals surface area contributed by atoms with Crippen molar-refractivity contribution < 1.29 is 22.7 Å². The summed E-state index contributed by atoms with van der Waals surface area (Å²) in [5, 5.41) is 0.875. The summed E-state index contributed by atoms with van der Waals surface area (Å²) in [6.07, 6.45) is -0.425. The summed E-state index contributed by atoms with van der Waals surface area (Å²) in [6, 6.07) is 10.2. The molecule has 2 aliphatic rings. The van der Waals surface area contributed by atoms with Crippen molar-refractivity contribution in [3.05, 3.63) is 82.4 Å². The number of aromatic amines is 1. The largest absolute Gasteiger partial charge is 0.455 e. The fraction of sp³-hybridized carbons (Fsp3) is 0.457. The molecule has 1 amide bonds. The van der Waals surface area contributed by atoms with Crippen molar-refractivity contribution in [1.29, 1.82) is 0 Å². The predicted octanol–water partition coefficient (Wildman–Crippen LogP) is 6.72. The molecule has 8 nitrogen and oxygen atoms in total. The number of fused-ring (bicyclic) bond motifs is 2. The number of ether oxygens (including phenoxy) is 1. The van der Waals surface area contributed by atoms with Crippen LogP contribution in [0.5, 0.6) is 11.5 Å². The number of likely N-dealkylation sites (N-methyl/N-ethyl adjacent to an activating group) is 1. The number of carbonyl (C=O) groups excluding carboxylic acids is 1. The van der Waals surface area contributed by atoms with Crippen molar-refractivity contribution in [3.8, 4) is 11.5 Å². The Morgan fingerprint density at radius 1 is 1.09 bits per heavy atom. The highest BCUT2D eigenvalue weighted by molar-refractivity contribution is 5.84. The van der Waals surface area contributed by atoms with Crippen molar-refractivity contribution >= 4 is 16.9 Å². The van der Waals surface area contributed by atoms with Gasteiger partial charge in [0.15, 0.2) is 0 Å². The number of nitrogens with zero attached hydrogens (tertiary/aromatic N) is 5. The monoisotopic (exact) mass is 634 g/mol. The molecule has 2 aliphatic heterocycles. The summed E-state index contributed by atoms with van der Waals surface area (Å²) in [5.74, 6) is 1.32. The number of rotatable bonds is 8. The summed E-state index contributed by atoms with van der Waals surface area (Å²) < 4.78 is 48.8. The van der Waals surface area contributed by atoms with Crippen LogP contribution in [0.1, 0.15) is 72.7 Å². The van der Waals surface area contributed by atoms with E-state index in [1.54, 1.807) is 29.4 Å². The van der Waals surface area contributed by atoms with E-state index in [2.05, 4.69) is 40.5 Å². The number of hydrogen-bond donors (Lipinski definition) is 1. The molecule has 4 aromatic rings. The third kappa shape index (κ3) is 6.90. The SMILES string of the molecule is CC[C@H]1CN(C(=O)Cc2ccc(CN3CCN(C)CC3)c(C(F)(F)F)c2)Cc2cc(Oc3ccnc4[nH]c(C(C)C)cc34)cnc21. The first-order valence-electron chi connectivity index (χ1n) is 16.0. The molecule has 1 N–H and O–H groups in total. The highest BCUT2D eigenvalue weighted by Crippen LogP contribution is 2.36. The fourth-order valence-electron chi connectivity index (χ4n) is 6.40. The number of nitrogens with one attached hydrogen (secondary N) is 1. The lowest BCUT2D eigenvalue weighted by atomic mass is 9.92. The number of piperazine rings is 1. The first kappa shape index (κ1) is 32.0. The Hall–Kier alpha value is -3.96. The van der Waals surface area contributed by atoms with Gasteiger partial charge in [-0.1, -0.05) is 32.9 Å². The zero-order valence-electron chi connectivity index (χ0n) is 26.8. The first-order chi connectivity index (χ1) is 22.0. The summed E-state index contributed by atoms with van der Waals surface area (Å²) in [5.41, 5.74) is 3.56. The van der Waals surface area contributed by atoms with Crippen LogP contribution in [0, 0.1) is 0 Å². The van der Waals surface area contributed by atoms with E-state index in [-0.39, 0.29) is 30.4 Å². The molecule has 11 heteroatoms. The molecule has 1 saturated heterocycles. The number of amides is 1. The molecule has 0 spiro atoms. The minimum absolute atomic E-state index is 0.0179. The van der Waals surface area contributed by atoms with Crippen LogP contribution in [-0.4, -0.2) is 75.3 Å². The number of benzene rings is 1. The molecule has 46 heavy (non-hydrogen) atoms. The Kier molecular flexibility index (Phi) is 9.07. The van der Waals surface area contributed by atoms with Gasteiger partial charge in [-0.05, 0) is 60.3 Å². The zero-order valence-corrected chi connectivity index (χ0v) is 26.8. The maximum absolute atomic E-state index is 14.2.